The molecule has 4 rings (SSSR count). The second-order valence-corrected chi connectivity index (χ2v) is 7.07. The van der Waals surface area contributed by atoms with Crippen molar-refractivity contribution in [1.29, 1.82) is 0 Å². The van der Waals surface area contributed by atoms with Crippen molar-refractivity contribution in [2.24, 2.45) is 16.5 Å². The molecule has 0 aromatic heterocycles. The Kier molecular flexibility index (Phi) is 3.97. The molecule has 5 nitrogen and oxygen atoms in total. The molecule has 2 unspecified atom stereocenters. The maximum Gasteiger partial charge on any atom is 0.150 e. The van der Waals surface area contributed by atoms with Crippen molar-refractivity contribution in [2.45, 2.75) is 11.7 Å². The fourth-order valence-corrected chi connectivity index (χ4v) is 4.12. The lowest BCUT2D eigenvalue weighted by Gasteiger charge is -2.31. The van der Waals surface area contributed by atoms with Gasteiger partial charge in [0.15, 0.2) is 0 Å². The van der Waals surface area contributed by atoms with Crippen LogP contribution in [-0.4, -0.2) is 18.0 Å². The van der Waals surface area contributed by atoms with Gasteiger partial charge in [-0.2, -0.15) is 0 Å². The van der Waals surface area contributed by atoms with Gasteiger partial charge in [-0.15, -0.1) is 0 Å². The molecular weight excluding hydrogens is 342 g/mol. The van der Waals surface area contributed by atoms with Crippen molar-refractivity contribution < 1.29 is 0 Å². The third kappa shape index (κ3) is 2.57. The predicted molar refractivity (Wildman–Crippen MR) is 102 cm³/mol. The topological polar surface area (TPSA) is 70.9 Å². The van der Waals surface area contributed by atoms with Crippen molar-refractivity contribution >= 4 is 41.1 Å². The Morgan fingerprint density at radius 3 is 2.50 bits per heavy atom. The van der Waals surface area contributed by atoms with Crippen LogP contribution < -0.4 is 21.3 Å². The van der Waals surface area contributed by atoms with Crippen molar-refractivity contribution in [3.8, 4) is 0 Å². The van der Waals surface area contributed by atoms with E-state index in [1.165, 1.54) is 11.8 Å². The summed E-state index contributed by atoms with van der Waals surface area (Å²) in [6.07, 6.45) is 1.39. The Morgan fingerprint density at radius 2 is 1.75 bits per heavy atom. The first-order chi connectivity index (χ1) is 11.6. The summed E-state index contributed by atoms with van der Waals surface area (Å²) >= 11 is 7.63. The predicted octanol–water partition coefficient (Wildman–Crippen LogP) is 3.14. The van der Waals surface area contributed by atoms with E-state index in [4.69, 9.17) is 23.1 Å². The molecule has 0 saturated carbocycles. The van der Waals surface area contributed by atoms with Gasteiger partial charge in [-0.25, -0.2) is 4.99 Å². The van der Waals surface area contributed by atoms with Crippen LogP contribution in [0.2, 0.25) is 5.02 Å². The average molecular weight is 358 g/mol. The highest BCUT2D eigenvalue weighted by molar-refractivity contribution is 8.04. The fourth-order valence-electron chi connectivity index (χ4n) is 2.84. The number of para-hydroxylation sites is 1. The summed E-state index contributed by atoms with van der Waals surface area (Å²) in [7, 11) is 0. The minimum atomic E-state index is -0.347. The van der Waals surface area contributed by atoms with Crippen LogP contribution in [0.25, 0.3) is 0 Å². The maximum atomic E-state index is 6.48. The van der Waals surface area contributed by atoms with E-state index in [1.807, 2.05) is 64.4 Å². The minimum absolute atomic E-state index is 0.250. The number of hydrogen-bond acceptors (Lipinski definition) is 6. The zero-order valence-corrected chi connectivity index (χ0v) is 14.3. The molecule has 122 valence electrons. The van der Waals surface area contributed by atoms with Crippen LogP contribution in [0.5, 0.6) is 0 Å². The van der Waals surface area contributed by atoms with E-state index >= 15 is 0 Å². The minimum Gasteiger partial charge on any atom is -0.312 e. The molecule has 2 aromatic rings. The van der Waals surface area contributed by atoms with Crippen molar-refractivity contribution in [3.05, 3.63) is 70.3 Å². The van der Waals surface area contributed by atoms with Crippen LogP contribution in [0.15, 0.2) is 70.3 Å². The van der Waals surface area contributed by atoms with Gasteiger partial charge < -0.3 is 16.4 Å². The Balaban J connectivity index is 1.69. The third-order valence-corrected chi connectivity index (χ3v) is 5.33. The highest BCUT2D eigenvalue weighted by Crippen LogP contribution is 2.43. The summed E-state index contributed by atoms with van der Waals surface area (Å²) in [4.78, 5) is 9.48. The van der Waals surface area contributed by atoms with Crippen molar-refractivity contribution in [3.63, 3.8) is 0 Å². The molecular formula is C17H16ClN5S. The smallest absolute Gasteiger partial charge is 0.150 e. The summed E-state index contributed by atoms with van der Waals surface area (Å²) in [5, 5.41) is 0.662. The van der Waals surface area contributed by atoms with E-state index in [9.17, 15) is 0 Å². The van der Waals surface area contributed by atoms with Crippen LogP contribution in [0.4, 0.5) is 11.4 Å². The molecule has 4 N–H and O–H groups in total. The lowest BCUT2D eigenvalue weighted by Crippen LogP contribution is -2.44. The average Bonchev–Trinajstić information content (AvgIpc) is 2.93. The molecule has 0 radical (unpaired) electrons. The van der Waals surface area contributed by atoms with Crippen molar-refractivity contribution in [2.75, 3.05) is 9.80 Å². The van der Waals surface area contributed by atoms with E-state index in [0.717, 1.165) is 22.1 Å². The molecule has 0 saturated heterocycles. The number of aliphatic imine (C=N–C) groups is 1. The number of hydrogen-bond donors (Lipinski definition) is 2. The largest absolute Gasteiger partial charge is 0.312 e. The first-order valence-electron chi connectivity index (χ1n) is 7.49. The Hall–Kier alpha value is -1.99. The summed E-state index contributed by atoms with van der Waals surface area (Å²) in [6.45, 7) is 0. The Bertz CT molecular complexity index is 823. The highest BCUT2D eigenvalue weighted by Gasteiger charge is 2.38. The molecule has 0 amide bonds. The molecule has 2 aliphatic heterocycles. The monoisotopic (exact) mass is 357 g/mol. The molecule has 24 heavy (non-hydrogen) atoms. The molecule has 2 aromatic carbocycles. The van der Waals surface area contributed by atoms with Crippen molar-refractivity contribution in [1.82, 2.24) is 0 Å². The second kappa shape index (κ2) is 6.14. The number of rotatable bonds is 2. The van der Waals surface area contributed by atoms with Gasteiger partial charge >= 0.3 is 0 Å². The van der Waals surface area contributed by atoms with E-state index in [0.29, 0.717) is 5.02 Å². The summed E-state index contributed by atoms with van der Waals surface area (Å²) in [5.74, 6) is 0.810. The molecule has 0 bridgehead atoms. The van der Waals surface area contributed by atoms with E-state index in [2.05, 4.69) is 4.99 Å². The van der Waals surface area contributed by atoms with Gasteiger partial charge in [0.2, 0.25) is 0 Å². The molecule has 0 aliphatic carbocycles. The first-order valence-corrected chi connectivity index (χ1v) is 8.75. The van der Waals surface area contributed by atoms with E-state index in [1.54, 1.807) is 6.34 Å². The summed E-state index contributed by atoms with van der Waals surface area (Å²) < 4.78 is 0. The van der Waals surface area contributed by atoms with E-state index in [-0.39, 0.29) is 11.7 Å². The molecule has 2 aliphatic rings. The van der Waals surface area contributed by atoms with Crippen LogP contribution in [-0.2, 0) is 0 Å². The summed E-state index contributed by atoms with van der Waals surface area (Å²) in [6, 6.07) is 17.5. The fraction of sp³-hybridized carbons (Fsp3) is 0.118. The van der Waals surface area contributed by atoms with Gasteiger partial charge in [-0.1, -0.05) is 47.6 Å². The number of benzene rings is 2. The zero-order valence-electron chi connectivity index (χ0n) is 12.7. The second-order valence-electron chi connectivity index (χ2n) is 5.48. The number of thioether (sulfide) groups is 1. The standard InChI is InChI=1S/C17H16ClN5S/c18-11-5-4-8-13(9-11)22-10-21-16-14(15(22)19)24-17(20)23(16)12-6-2-1-3-7-12/h1-10,15,17H,19-20H2. The third-order valence-electron chi connectivity index (χ3n) is 3.96. The molecule has 2 atom stereocenters. The van der Waals surface area contributed by atoms with Crippen LogP contribution in [0.1, 0.15) is 0 Å². The normalized spacial score (nSPS) is 23.0. The number of nitrogens with zero attached hydrogens (tertiary/aromatic N) is 3. The van der Waals surface area contributed by atoms with Crippen LogP contribution in [0.3, 0.4) is 0 Å². The Morgan fingerprint density at radius 1 is 1.00 bits per heavy atom. The molecule has 0 spiro atoms. The number of nitrogens with two attached hydrogens (primary N) is 2. The molecule has 0 fully saturated rings. The maximum absolute atomic E-state index is 6.48. The summed E-state index contributed by atoms with van der Waals surface area (Å²) in [5.41, 5.74) is 14.5. The van der Waals surface area contributed by atoms with Gasteiger partial charge in [0.05, 0.1) is 11.2 Å². The van der Waals surface area contributed by atoms with Gasteiger partial charge in [-0.3, -0.25) is 4.90 Å². The molecule has 7 heteroatoms. The highest BCUT2D eigenvalue weighted by atomic mass is 35.5. The van der Waals surface area contributed by atoms with Gasteiger partial charge in [0, 0.05) is 16.4 Å². The number of halogens is 1. The van der Waals surface area contributed by atoms with E-state index < -0.39 is 0 Å². The van der Waals surface area contributed by atoms with Gasteiger partial charge in [-0.05, 0) is 30.3 Å². The molecule has 2 heterocycles. The van der Waals surface area contributed by atoms with Crippen LogP contribution in [0, 0.1) is 0 Å². The quantitative estimate of drug-likeness (QED) is 0.864. The number of anilines is 2. The first kappa shape index (κ1) is 15.5. The van der Waals surface area contributed by atoms with Gasteiger partial charge in [0.25, 0.3) is 0 Å². The SMILES string of the molecule is NC1C2=C(N=CN1c1cccc(Cl)c1)N(c1ccccc1)C(N)S2. The zero-order chi connectivity index (χ0) is 16.7. The lowest BCUT2D eigenvalue weighted by atomic mass is 10.2. The van der Waals surface area contributed by atoms with Gasteiger partial charge in [0.1, 0.15) is 17.5 Å². The Labute approximate surface area is 149 Å². The van der Waals surface area contributed by atoms with Crippen LogP contribution >= 0.6 is 23.4 Å². The lowest BCUT2D eigenvalue weighted by molar-refractivity contribution is 0.797.